The molecule has 0 aromatic heterocycles. The summed E-state index contributed by atoms with van der Waals surface area (Å²) >= 11 is 0. The van der Waals surface area contributed by atoms with Gasteiger partial charge in [-0.25, -0.2) is 0 Å². The summed E-state index contributed by atoms with van der Waals surface area (Å²) in [5.41, 5.74) is 0.991. The summed E-state index contributed by atoms with van der Waals surface area (Å²) in [7, 11) is 0. The summed E-state index contributed by atoms with van der Waals surface area (Å²) in [5.74, 6) is 1.70. The zero-order valence-electron chi connectivity index (χ0n) is 8.42. The van der Waals surface area contributed by atoms with Gasteiger partial charge in [0.2, 0.25) is 0 Å². The van der Waals surface area contributed by atoms with E-state index in [-0.39, 0.29) is 0 Å². The molecular formula is C11H18O. The molecule has 2 saturated carbocycles. The molecule has 68 valence electrons. The van der Waals surface area contributed by atoms with Gasteiger partial charge in [-0.1, -0.05) is 27.7 Å². The van der Waals surface area contributed by atoms with Gasteiger partial charge >= 0.3 is 0 Å². The Morgan fingerprint density at radius 3 is 1.67 bits per heavy atom. The van der Waals surface area contributed by atoms with Crippen molar-refractivity contribution >= 4 is 0 Å². The van der Waals surface area contributed by atoms with E-state index in [1.165, 1.54) is 6.42 Å². The van der Waals surface area contributed by atoms with Crippen LogP contribution in [0.2, 0.25) is 0 Å². The molecule has 0 aromatic rings. The number of ether oxygens (including phenoxy) is 1. The predicted octanol–water partition coefficient (Wildman–Crippen LogP) is 2.46. The lowest BCUT2D eigenvalue weighted by molar-refractivity contribution is 0.0562. The van der Waals surface area contributed by atoms with Gasteiger partial charge in [-0.2, -0.15) is 0 Å². The van der Waals surface area contributed by atoms with Crippen molar-refractivity contribution in [3.8, 4) is 0 Å². The summed E-state index contributed by atoms with van der Waals surface area (Å²) in [6.45, 7) is 9.70. The third-order valence-electron chi connectivity index (χ3n) is 5.38. The molecule has 0 aromatic carbocycles. The lowest BCUT2D eigenvalue weighted by Crippen LogP contribution is -2.41. The molecular weight excluding hydrogens is 148 g/mol. The van der Waals surface area contributed by atoms with Crippen LogP contribution in [0, 0.1) is 22.7 Å². The van der Waals surface area contributed by atoms with Crippen LogP contribution in [-0.2, 0) is 4.74 Å². The van der Waals surface area contributed by atoms with Crippen molar-refractivity contribution in [2.45, 2.75) is 46.3 Å². The van der Waals surface area contributed by atoms with Gasteiger partial charge in [0.05, 0.1) is 12.2 Å². The first-order chi connectivity index (χ1) is 5.46. The number of rotatable bonds is 0. The summed E-state index contributed by atoms with van der Waals surface area (Å²) in [5, 5.41) is 0. The van der Waals surface area contributed by atoms with Crippen LogP contribution in [0.5, 0.6) is 0 Å². The molecule has 0 spiro atoms. The molecule has 0 amide bonds. The fraction of sp³-hybridized carbons (Fsp3) is 1.00. The van der Waals surface area contributed by atoms with Gasteiger partial charge in [0.1, 0.15) is 0 Å². The molecule has 1 nitrogen and oxygen atoms in total. The first-order valence-corrected chi connectivity index (χ1v) is 5.12. The average Bonchev–Trinajstić information content (AvgIpc) is 2.58. The van der Waals surface area contributed by atoms with Crippen molar-refractivity contribution in [3.63, 3.8) is 0 Å². The Labute approximate surface area is 74.5 Å². The Morgan fingerprint density at radius 1 is 0.917 bits per heavy atom. The molecule has 4 unspecified atom stereocenters. The minimum atomic E-state index is 0.495. The molecule has 3 aliphatic rings. The van der Waals surface area contributed by atoms with Gasteiger partial charge < -0.3 is 4.74 Å². The maximum atomic E-state index is 5.71. The topological polar surface area (TPSA) is 12.5 Å². The van der Waals surface area contributed by atoms with Crippen molar-refractivity contribution in [2.24, 2.45) is 22.7 Å². The maximum absolute atomic E-state index is 5.71. The molecule has 3 rings (SSSR count). The van der Waals surface area contributed by atoms with Crippen molar-refractivity contribution in [3.05, 3.63) is 0 Å². The summed E-state index contributed by atoms with van der Waals surface area (Å²) in [6, 6.07) is 0. The minimum Gasteiger partial charge on any atom is -0.369 e. The monoisotopic (exact) mass is 166 g/mol. The fourth-order valence-electron chi connectivity index (χ4n) is 3.69. The van der Waals surface area contributed by atoms with Crippen LogP contribution in [0.3, 0.4) is 0 Å². The zero-order chi connectivity index (χ0) is 8.72. The van der Waals surface area contributed by atoms with Crippen molar-refractivity contribution in [1.29, 1.82) is 0 Å². The van der Waals surface area contributed by atoms with E-state index in [4.69, 9.17) is 4.74 Å². The van der Waals surface area contributed by atoms with Gasteiger partial charge in [-0.3, -0.25) is 0 Å². The Kier molecular flexibility index (Phi) is 0.991. The largest absolute Gasteiger partial charge is 0.369 e. The van der Waals surface area contributed by atoms with Crippen LogP contribution >= 0.6 is 0 Å². The molecule has 0 radical (unpaired) electrons. The Morgan fingerprint density at radius 2 is 1.33 bits per heavy atom. The molecule has 1 aliphatic heterocycles. The number of hydrogen-bond acceptors (Lipinski definition) is 1. The number of hydrogen-bond donors (Lipinski definition) is 0. The lowest BCUT2D eigenvalue weighted by Gasteiger charge is -2.43. The molecule has 2 bridgehead atoms. The van der Waals surface area contributed by atoms with Gasteiger partial charge in [-0.05, 0) is 29.1 Å². The van der Waals surface area contributed by atoms with Crippen LogP contribution in [0.4, 0.5) is 0 Å². The molecule has 1 heterocycles. The van der Waals surface area contributed by atoms with E-state index in [1.54, 1.807) is 0 Å². The van der Waals surface area contributed by atoms with E-state index in [1.807, 2.05) is 0 Å². The van der Waals surface area contributed by atoms with Crippen LogP contribution < -0.4 is 0 Å². The quantitative estimate of drug-likeness (QED) is 0.504. The highest BCUT2D eigenvalue weighted by molar-refractivity contribution is 5.20. The fourth-order valence-corrected chi connectivity index (χ4v) is 3.69. The second-order valence-electron chi connectivity index (χ2n) is 5.96. The van der Waals surface area contributed by atoms with Crippen LogP contribution in [-0.4, -0.2) is 12.2 Å². The zero-order valence-corrected chi connectivity index (χ0v) is 8.42. The Hall–Kier alpha value is -0.0400. The van der Waals surface area contributed by atoms with Gasteiger partial charge in [0.15, 0.2) is 0 Å². The van der Waals surface area contributed by atoms with Gasteiger partial charge in [0.25, 0.3) is 0 Å². The van der Waals surface area contributed by atoms with Crippen LogP contribution in [0.15, 0.2) is 0 Å². The second kappa shape index (κ2) is 1.61. The molecule has 3 fully saturated rings. The van der Waals surface area contributed by atoms with E-state index >= 15 is 0 Å². The standard InChI is InChI=1S/C11H18O/c1-10(2)6-5-7(11(10,3)4)9-8(6)12-9/h6-9H,5H2,1-4H3. The molecule has 1 heteroatoms. The SMILES string of the molecule is CC1(C)C2CC(C3OC32)C1(C)C. The average molecular weight is 166 g/mol. The highest BCUT2D eigenvalue weighted by Gasteiger charge is 2.72. The number of epoxide rings is 1. The van der Waals surface area contributed by atoms with Gasteiger partial charge in [-0.15, -0.1) is 0 Å². The van der Waals surface area contributed by atoms with E-state index < -0.39 is 0 Å². The van der Waals surface area contributed by atoms with Crippen molar-refractivity contribution < 1.29 is 4.74 Å². The first-order valence-electron chi connectivity index (χ1n) is 5.12. The van der Waals surface area contributed by atoms with E-state index in [0.717, 1.165) is 11.8 Å². The number of fused-ring (bicyclic) bond motifs is 5. The summed E-state index contributed by atoms with van der Waals surface area (Å²) < 4.78 is 5.71. The van der Waals surface area contributed by atoms with Crippen molar-refractivity contribution in [1.82, 2.24) is 0 Å². The Balaban J connectivity index is 2.07. The Bertz CT molecular complexity index is 217. The predicted molar refractivity (Wildman–Crippen MR) is 47.8 cm³/mol. The highest BCUT2D eigenvalue weighted by atomic mass is 16.6. The molecule has 0 N–H and O–H groups in total. The van der Waals surface area contributed by atoms with Gasteiger partial charge in [0, 0.05) is 0 Å². The third kappa shape index (κ3) is 0.527. The second-order valence-corrected chi connectivity index (χ2v) is 5.96. The first kappa shape index (κ1) is 7.37. The molecule has 2 aliphatic carbocycles. The van der Waals surface area contributed by atoms with E-state index in [0.29, 0.717) is 23.0 Å². The highest BCUT2D eigenvalue weighted by Crippen LogP contribution is 2.71. The maximum Gasteiger partial charge on any atom is 0.0878 e. The lowest BCUT2D eigenvalue weighted by atomic mass is 9.60. The minimum absolute atomic E-state index is 0.495. The normalized spacial score (nSPS) is 57.0. The van der Waals surface area contributed by atoms with Crippen LogP contribution in [0.1, 0.15) is 34.1 Å². The summed E-state index contributed by atoms with van der Waals surface area (Å²) in [4.78, 5) is 0. The van der Waals surface area contributed by atoms with Crippen LogP contribution in [0.25, 0.3) is 0 Å². The third-order valence-corrected chi connectivity index (χ3v) is 5.38. The van der Waals surface area contributed by atoms with Crippen molar-refractivity contribution in [2.75, 3.05) is 0 Å². The molecule has 4 atom stereocenters. The summed E-state index contributed by atoms with van der Waals surface area (Å²) in [6.07, 6.45) is 2.73. The smallest absolute Gasteiger partial charge is 0.0878 e. The molecule has 12 heavy (non-hydrogen) atoms. The van der Waals surface area contributed by atoms with E-state index in [2.05, 4.69) is 27.7 Å². The molecule has 1 saturated heterocycles. The van der Waals surface area contributed by atoms with E-state index in [9.17, 15) is 0 Å².